The lowest BCUT2D eigenvalue weighted by Gasteiger charge is -2.23. The minimum Gasteiger partial charge on any atom is -0.497 e. The van der Waals surface area contributed by atoms with Crippen LogP contribution in [0, 0.1) is 17.2 Å². The van der Waals surface area contributed by atoms with Crippen LogP contribution in [0.15, 0.2) is 57.8 Å². The van der Waals surface area contributed by atoms with Crippen LogP contribution in [0.2, 0.25) is 0 Å². The van der Waals surface area contributed by atoms with Gasteiger partial charge in [0.15, 0.2) is 11.5 Å². The second-order valence-electron chi connectivity index (χ2n) is 10.3. The summed E-state index contributed by atoms with van der Waals surface area (Å²) >= 11 is 0. The van der Waals surface area contributed by atoms with Crippen molar-refractivity contribution >= 4 is 38.6 Å². The van der Waals surface area contributed by atoms with Crippen molar-refractivity contribution in [3.63, 3.8) is 0 Å². The van der Waals surface area contributed by atoms with Crippen molar-refractivity contribution in [1.29, 1.82) is 5.26 Å². The molecule has 1 unspecified atom stereocenters. The van der Waals surface area contributed by atoms with Gasteiger partial charge < -0.3 is 19.8 Å². The number of Topliss-reactive ketones (excluding diaryl/α,β-unsaturated/α-hetero) is 1. The molecule has 1 aromatic heterocycles. The molecule has 216 valence electrons. The summed E-state index contributed by atoms with van der Waals surface area (Å²) in [6.07, 6.45) is 0.844. The number of furan rings is 1. The fraction of sp³-hybridized carbons (Fsp3) is 0.379. The molecule has 12 heteroatoms. The average molecular weight is 581 g/mol. The Labute approximate surface area is 238 Å². The van der Waals surface area contributed by atoms with Gasteiger partial charge in [0.05, 0.1) is 30.2 Å². The zero-order valence-corrected chi connectivity index (χ0v) is 23.9. The van der Waals surface area contributed by atoms with E-state index in [1.165, 1.54) is 25.3 Å². The zero-order chi connectivity index (χ0) is 29.7. The molecule has 2 aromatic carbocycles. The Bertz CT molecular complexity index is 1610. The Morgan fingerprint density at radius 3 is 2.66 bits per heavy atom. The minimum atomic E-state index is -4.11. The number of amides is 2. The summed E-state index contributed by atoms with van der Waals surface area (Å²) in [5.74, 6) is -0.933. The standard InChI is InChI=1S/C29H32N4O7S/c1-18(2)13-23(32-29(36)26-15-20-14-21(39-3)10-11-25(20)40-26)28(35)31-22-8-6-12-33(17-24(22)34)41(37,38)27-9-5-4-7-19(27)16-30/h4-5,7,9-11,14-15,18,22-23H,6,8,12-13,17H2,1-3H3,(H,31,35)(H,32,36)/t22-,23?/m0/s1. The number of hydrogen-bond donors (Lipinski definition) is 2. The van der Waals surface area contributed by atoms with Gasteiger partial charge in [0, 0.05) is 11.9 Å². The molecule has 0 aliphatic carbocycles. The van der Waals surface area contributed by atoms with Gasteiger partial charge in [0.1, 0.15) is 23.4 Å². The van der Waals surface area contributed by atoms with Crippen LogP contribution in [-0.2, 0) is 19.6 Å². The van der Waals surface area contributed by atoms with Gasteiger partial charge in [0.25, 0.3) is 5.91 Å². The number of fused-ring (bicyclic) bond motifs is 1. The summed E-state index contributed by atoms with van der Waals surface area (Å²) < 4.78 is 38.4. The van der Waals surface area contributed by atoms with E-state index in [0.717, 1.165) is 4.31 Å². The molecule has 2 heterocycles. The van der Waals surface area contributed by atoms with Crippen LogP contribution in [0.25, 0.3) is 11.0 Å². The van der Waals surface area contributed by atoms with Crippen molar-refractivity contribution in [2.45, 2.75) is 50.1 Å². The monoisotopic (exact) mass is 580 g/mol. The van der Waals surface area contributed by atoms with Crippen molar-refractivity contribution < 1.29 is 32.0 Å². The number of rotatable bonds is 9. The normalized spacial score (nSPS) is 17.0. The molecule has 2 atom stereocenters. The Morgan fingerprint density at radius 1 is 1.20 bits per heavy atom. The van der Waals surface area contributed by atoms with Crippen LogP contribution in [0.3, 0.4) is 0 Å². The molecular weight excluding hydrogens is 548 g/mol. The number of methoxy groups -OCH3 is 1. The van der Waals surface area contributed by atoms with E-state index in [9.17, 15) is 28.1 Å². The lowest BCUT2D eigenvalue weighted by Crippen LogP contribution is -2.52. The summed E-state index contributed by atoms with van der Waals surface area (Å²) in [6, 6.07) is 12.5. The molecule has 0 saturated carbocycles. The van der Waals surface area contributed by atoms with E-state index in [2.05, 4.69) is 10.6 Å². The fourth-order valence-corrected chi connectivity index (χ4v) is 6.33. The maximum atomic E-state index is 13.3. The van der Waals surface area contributed by atoms with Gasteiger partial charge in [-0.3, -0.25) is 14.4 Å². The first-order valence-electron chi connectivity index (χ1n) is 13.2. The van der Waals surface area contributed by atoms with Crippen LogP contribution >= 0.6 is 0 Å². The highest BCUT2D eigenvalue weighted by molar-refractivity contribution is 7.89. The quantitative estimate of drug-likeness (QED) is 0.391. The Kier molecular flexibility index (Phi) is 9.10. The Morgan fingerprint density at radius 2 is 1.95 bits per heavy atom. The number of nitrogens with one attached hydrogen (secondary N) is 2. The largest absolute Gasteiger partial charge is 0.497 e. The van der Waals surface area contributed by atoms with Crippen LogP contribution in [0.1, 0.15) is 49.2 Å². The summed E-state index contributed by atoms with van der Waals surface area (Å²) in [5.41, 5.74) is 0.478. The van der Waals surface area contributed by atoms with Gasteiger partial charge in [-0.15, -0.1) is 0 Å². The van der Waals surface area contributed by atoms with Crippen molar-refractivity contribution in [2.75, 3.05) is 20.2 Å². The minimum absolute atomic E-state index is 0.00934. The molecule has 1 saturated heterocycles. The third-order valence-corrected chi connectivity index (χ3v) is 8.74. The molecule has 0 radical (unpaired) electrons. The zero-order valence-electron chi connectivity index (χ0n) is 23.0. The van der Waals surface area contributed by atoms with Gasteiger partial charge in [-0.25, -0.2) is 8.42 Å². The summed E-state index contributed by atoms with van der Waals surface area (Å²) in [4.78, 5) is 39.3. The molecule has 3 aromatic rings. The average Bonchev–Trinajstić information content (AvgIpc) is 3.29. The molecule has 0 bridgehead atoms. The topological polar surface area (TPSA) is 159 Å². The number of carbonyl (C=O) groups is 3. The third kappa shape index (κ3) is 6.75. The molecule has 41 heavy (non-hydrogen) atoms. The van der Waals surface area contributed by atoms with Crippen molar-refractivity contribution in [3.05, 3.63) is 59.9 Å². The molecule has 2 amide bonds. The van der Waals surface area contributed by atoms with Crippen LogP contribution in [0.4, 0.5) is 0 Å². The van der Waals surface area contributed by atoms with Gasteiger partial charge in [-0.05, 0) is 61.6 Å². The predicted octanol–water partition coefficient (Wildman–Crippen LogP) is 3.00. The molecule has 4 rings (SSSR count). The van der Waals surface area contributed by atoms with E-state index in [0.29, 0.717) is 29.6 Å². The first-order chi connectivity index (χ1) is 19.5. The van der Waals surface area contributed by atoms with E-state index in [-0.39, 0.29) is 35.1 Å². The SMILES string of the molecule is COc1ccc2oc(C(=O)NC(CC(C)C)C(=O)N[C@H]3CCCN(S(=O)(=O)c4ccccc4C#N)CC3=O)cc2c1. The number of nitriles is 1. The Balaban J connectivity index is 1.46. The molecule has 1 fully saturated rings. The lowest BCUT2D eigenvalue weighted by atomic mass is 10.0. The molecule has 1 aliphatic heterocycles. The number of sulfonamides is 1. The highest BCUT2D eigenvalue weighted by Gasteiger charge is 2.35. The number of hydrogen-bond acceptors (Lipinski definition) is 8. The third-order valence-electron chi connectivity index (χ3n) is 6.84. The second kappa shape index (κ2) is 12.5. The maximum Gasteiger partial charge on any atom is 0.287 e. The van der Waals surface area contributed by atoms with E-state index < -0.39 is 46.2 Å². The van der Waals surface area contributed by atoms with E-state index in [1.807, 2.05) is 19.9 Å². The van der Waals surface area contributed by atoms with Gasteiger partial charge >= 0.3 is 0 Å². The van der Waals surface area contributed by atoms with Gasteiger partial charge in [0.2, 0.25) is 15.9 Å². The highest BCUT2D eigenvalue weighted by Crippen LogP contribution is 2.25. The molecule has 2 N–H and O–H groups in total. The number of carbonyl (C=O) groups excluding carboxylic acids is 3. The first kappa shape index (κ1) is 29.8. The Hall–Kier alpha value is -4.21. The number of ether oxygens (including phenoxy) is 1. The second-order valence-corrected chi connectivity index (χ2v) is 12.2. The van der Waals surface area contributed by atoms with Crippen molar-refractivity contribution in [3.8, 4) is 11.8 Å². The molecule has 11 nitrogen and oxygen atoms in total. The maximum absolute atomic E-state index is 13.3. The van der Waals surface area contributed by atoms with E-state index in [1.54, 1.807) is 30.3 Å². The van der Waals surface area contributed by atoms with Crippen molar-refractivity contribution in [1.82, 2.24) is 14.9 Å². The van der Waals surface area contributed by atoms with Gasteiger partial charge in [-0.2, -0.15) is 9.57 Å². The molecule has 1 aliphatic rings. The highest BCUT2D eigenvalue weighted by atomic mass is 32.2. The predicted molar refractivity (Wildman–Crippen MR) is 150 cm³/mol. The first-order valence-corrected chi connectivity index (χ1v) is 14.7. The molecular formula is C29H32N4O7S. The number of nitrogens with zero attached hydrogens (tertiary/aromatic N) is 2. The van der Waals surface area contributed by atoms with Crippen LogP contribution < -0.4 is 15.4 Å². The molecule has 0 spiro atoms. The van der Waals surface area contributed by atoms with Crippen molar-refractivity contribution in [2.24, 2.45) is 5.92 Å². The van der Waals surface area contributed by atoms with Gasteiger partial charge in [-0.1, -0.05) is 26.0 Å². The van der Waals surface area contributed by atoms with Crippen LogP contribution in [0.5, 0.6) is 5.75 Å². The smallest absolute Gasteiger partial charge is 0.287 e. The number of ketones is 1. The summed E-state index contributed by atoms with van der Waals surface area (Å²) in [6.45, 7) is 3.41. The van der Waals surface area contributed by atoms with Crippen LogP contribution in [-0.4, -0.2) is 62.6 Å². The van der Waals surface area contributed by atoms with E-state index >= 15 is 0 Å². The van der Waals surface area contributed by atoms with E-state index in [4.69, 9.17) is 9.15 Å². The fourth-order valence-electron chi connectivity index (χ4n) is 4.74. The summed E-state index contributed by atoms with van der Waals surface area (Å²) in [5, 5.41) is 15.5. The number of benzene rings is 2. The summed E-state index contributed by atoms with van der Waals surface area (Å²) in [7, 11) is -2.57. The lowest BCUT2D eigenvalue weighted by molar-refractivity contribution is -0.129.